The first-order valence-corrected chi connectivity index (χ1v) is 23.1. The van der Waals surface area contributed by atoms with Crippen molar-refractivity contribution in [1.82, 2.24) is 15.1 Å². The van der Waals surface area contributed by atoms with Crippen molar-refractivity contribution in [2.75, 3.05) is 53.5 Å². The average Bonchev–Trinajstić information content (AvgIpc) is 3.29. The molecule has 23 heteroatoms. The number of carbonyl (C=O) groups is 8. The molecule has 402 valence electrons. The van der Waals surface area contributed by atoms with Crippen LogP contribution in [-0.4, -0.2) is 141 Å². The number of ketones is 2. The van der Waals surface area contributed by atoms with Crippen LogP contribution in [0.25, 0.3) is 0 Å². The van der Waals surface area contributed by atoms with Crippen LogP contribution in [0.5, 0.6) is 11.5 Å². The number of likely N-dealkylation sites (tertiary alicyclic amines) is 2. The van der Waals surface area contributed by atoms with E-state index in [-0.39, 0.29) is 29.9 Å². The largest absolute Gasteiger partial charge is 0.496 e. The summed E-state index contributed by atoms with van der Waals surface area (Å²) in [5.74, 6) is -2.75. The lowest BCUT2D eigenvalue weighted by Crippen LogP contribution is -2.42. The predicted molar refractivity (Wildman–Crippen MR) is 252 cm³/mol. The number of ether oxygens (including phenoxy) is 7. The van der Waals surface area contributed by atoms with E-state index in [9.17, 15) is 46.7 Å². The molecule has 20 nitrogen and oxygen atoms in total. The minimum Gasteiger partial charge on any atom is -0.496 e. The maximum absolute atomic E-state index is 12.9. The Bertz CT molecular complexity index is 2230. The maximum Gasteiger partial charge on any atom is 0.490 e. The smallest absolute Gasteiger partial charge is 0.490 e. The highest BCUT2D eigenvalue weighted by molar-refractivity contribution is 5.97. The number of carboxylic acid groups (broad SMARTS) is 1. The van der Waals surface area contributed by atoms with Gasteiger partial charge in [0, 0.05) is 64.0 Å². The minimum absolute atomic E-state index is 0.00333. The summed E-state index contributed by atoms with van der Waals surface area (Å²) in [6.45, 7) is 16.9. The van der Waals surface area contributed by atoms with Crippen molar-refractivity contribution in [3.8, 4) is 11.5 Å². The number of esters is 2. The number of alkyl carbamates (subject to hydrolysis) is 1. The second-order valence-corrected chi connectivity index (χ2v) is 18.1. The van der Waals surface area contributed by atoms with Gasteiger partial charge in [0.2, 0.25) is 12.6 Å². The van der Waals surface area contributed by atoms with Gasteiger partial charge in [-0.15, -0.1) is 0 Å². The molecule has 2 aliphatic heterocycles. The molecule has 72 heavy (non-hydrogen) atoms. The summed E-state index contributed by atoms with van der Waals surface area (Å²) in [4.78, 5) is 97.4. The molecule has 2 fully saturated rings. The summed E-state index contributed by atoms with van der Waals surface area (Å²) in [7, 11) is 3.17. The van der Waals surface area contributed by atoms with E-state index >= 15 is 0 Å². The monoisotopic (exact) mass is 1030 g/mol. The van der Waals surface area contributed by atoms with Crippen molar-refractivity contribution in [3.63, 3.8) is 0 Å². The van der Waals surface area contributed by atoms with E-state index in [1.165, 1.54) is 18.7 Å². The SMILES string of the molecule is COc1cc(C(=O)CC2CCCN(C(=O)OC(C)OC(=O)CN)C2)cc(C)c1C.COc1cc(C(=O)CC2CCCN(C(=O)OC(C)OC(=O)CNC(=O)OC(C)(C)C)C2)cc(C)c1C.O=C(O)C(F)(F)F. The van der Waals surface area contributed by atoms with Crippen molar-refractivity contribution in [1.29, 1.82) is 0 Å². The first kappa shape index (κ1) is 61.5. The Kier molecular flexibility index (Phi) is 24.3. The van der Waals surface area contributed by atoms with Crippen LogP contribution < -0.4 is 20.5 Å². The quantitative estimate of drug-likeness (QED) is 0.0680. The number of nitrogens with one attached hydrogen (secondary N) is 1. The molecule has 2 heterocycles. The second kappa shape index (κ2) is 28.4. The fourth-order valence-electron chi connectivity index (χ4n) is 7.35. The lowest BCUT2D eigenvalue weighted by atomic mass is 9.90. The molecule has 2 saturated heterocycles. The molecule has 0 bridgehead atoms. The Hall–Kier alpha value is -6.65. The topological polar surface area (TPSA) is 266 Å². The first-order valence-electron chi connectivity index (χ1n) is 23.1. The van der Waals surface area contributed by atoms with E-state index in [1.54, 1.807) is 52.0 Å². The number of amides is 3. The highest BCUT2D eigenvalue weighted by Crippen LogP contribution is 2.29. The number of piperidine rings is 2. The number of rotatable bonds is 15. The molecule has 0 aliphatic carbocycles. The van der Waals surface area contributed by atoms with E-state index in [0.717, 1.165) is 47.9 Å². The number of hydrogen-bond acceptors (Lipinski definition) is 16. The summed E-state index contributed by atoms with van der Waals surface area (Å²) in [5, 5.41) is 9.41. The van der Waals surface area contributed by atoms with Gasteiger partial charge in [-0.25, -0.2) is 19.2 Å². The molecule has 0 radical (unpaired) electrons. The van der Waals surface area contributed by atoms with Crippen molar-refractivity contribution >= 4 is 47.8 Å². The molecule has 2 aromatic rings. The van der Waals surface area contributed by atoms with Gasteiger partial charge >= 0.3 is 42.4 Å². The Labute approximate surface area is 417 Å². The maximum atomic E-state index is 12.9. The number of alkyl halides is 3. The van der Waals surface area contributed by atoms with Crippen LogP contribution in [0, 0.1) is 39.5 Å². The van der Waals surface area contributed by atoms with Crippen LogP contribution in [0.15, 0.2) is 24.3 Å². The fourth-order valence-corrected chi connectivity index (χ4v) is 7.35. The van der Waals surface area contributed by atoms with E-state index < -0.39 is 67.1 Å². The summed E-state index contributed by atoms with van der Waals surface area (Å²) >= 11 is 0. The van der Waals surface area contributed by atoms with E-state index in [2.05, 4.69) is 5.32 Å². The summed E-state index contributed by atoms with van der Waals surface area (Å²) in [5.41, 5.74) is 9.69. The van der Waals surface area contributed by atoms with Crippen molar-refractivity contribution in [2.45, 2.75) is 125 Å². The third-order valence-electron chi connectivity index (χ3n) is 11.1. The summed E-state index contributed by atoms with van der Waals surface area (Å²) < 4.78 is 67.8. The number of methoxy groups -OCH3 is 2. The van der Waals surface area contributed by atoms with E-state index in [4.69, 9.17) is 48.8 Å². The van der Waals surface area contributed by atoms with Gasteiger partial charge in [0.25, 0.3) is 0 Å². The molecule has 0 saturated carbocycles. The summed E-state index contributed by atoms with van der Waals surface area (Å²) in [6, 6.07) is 7.27. The number of aryl methyl sites for hydroxylation is 2. The molecule has 2 aliphatic rings. The Balaban J connectivity index is 0.000000442. The van der Waals surface area contributed by atoms with Gasteiger partial charge in [0.1, 0.15) is 23.6 Å². The number of Topliss-reactive ketones (excluding diaryl/α,β-unsaturated/α-hetero) is 2. The van der Waals surface area contributed by atoms with Crippen LogP contribution in [0.3, 0.4) is 0 Å². The van der Waals surface area contributed by atoms with Crippen LogP contribution in [0.2, 0.25) is 0 Å². The molecule has 0 aromatic heterocycles. The Morgan fingerprint density at radius 3 is 1.43 bits per heavy atom. The van der Waals surface area contributed by atoms with Gasteiger partial charge in [0.05, 0.1) is 20.8 Å². The average molecular weight is 1030 g/mol. The predicted octanol–water partition coefficient (Wildman–Crippen LogP) is 7.36. The normalized spacial score (nSPS) is 16.4. The lowest BCUT2D eigenvalue weighted by Gasteiger charge is -2.32. The van der Waals surface area contributed by atoms with Gasteiger partial charge < -0.3 is 59.1 Å². The van der Waals surface area contributed by atoms with Gasteiger partial charge in [-0.05, 0) is 133 Å². The van der Waals surface area contributed by atoms with Crippen LogP contribution >= 0.6 is 0 Å². The molecule has 2 aromatic carbocycles. The minimum atomic E-state index is -5.08. The Morgan fingerprint density at radius 2 is 1.08 bits per heavy atom. The third-order valence-corrected chi connectivity index (χ3v) is 11.1. The number of carbonyl (C=O) groups excluding carboxylic acids is 7. The van der Waals surface area contributed by atoms with Crippen molar-refractivity contribution in [3.05, 3.63) is 57.6 Å². The molecular weight excluding hydrogens is 958 g/mol. The van der Waals surface area contributed by atoms with Gasteiger partial charge in [-0.1, -0.05) is 0 Å². The number of halogens is 3. The number of carboxylic acids is 1. The molecular formula is C49H69F3N4O16. The molecule has 4 N–H and O–H groups in total. The van der Waals surface area contributed by atoms with E-state index in [0.29, 0.717) is 61.6 Å². The zero-order valence-corrected chi connectivity index (χ0v) is 42.8. The lowest BCUT2D eigenvalue weighted by molar-refractivity contribution is -0.192. The first-order chi connectivity index (χ1) is 33.5. The van der Waals surface area contributed by atoms with Crippen LogP contribution in [-0.2, 0) is 38.1 Å². The highest BCUT2D eigenvalue weighted by atomic mass is 19.4. The van der Waals surface area contributed by atoms with Crippen LogP contribution in [0.4, 0.5) is 27.6 Å². The third kappa shape index (κ3) is 21.4. The number of nitrogens with zero attached hydrogens (tertiary/aromatic N) is 2. The second-order valence-electron chi connectivity index (χ2n) is 18.1. The zero-order chi connectivity index (χ0) is 54.7. The standard InChI is InChI=1S/C26H38N2O8.C21H30N2O6.C2HF3O2/c1-16-11-20(13-22(33-7)17(16)2)21(29)12-19-9-8-10-28(15-19)25(32)35-18(3)34-23(30)14-27-24(31)36-26(4,5)6;1-13-8-17(10-19(27-4)14(13)2)18(24)9-16-6-5-7-23(12-16)21(26)29-15(3)28-20(25)11-22;3-2(4,5)1(6)7/h11,13,18-19H,8-10,12,14-15H2,1-7H3,(H,27,31);8,10,15-16H,5-7,9,11-12,22H2,1-4H3;(H,6,7). The molecule has 4 atom stereocenters. The molecule has 4 rings (SSSR count). The van der Waals surface area contributed by atoms with Gasteiger partial charge in [0.15, 0.2) is 11.6 Å². The molecule has 4 unspecified atom stereocenters. The van der Waals surface area contributed by atoms with Gasteiger partial charge in [-0.3, -0.25) is 19.2 Å². The molecule has 0 spiro atoms. The number of nitrogens with two attached hydrogens (primary N) is 1. The Morgan fingerprint density at radius 1 is 0.694 bits per heavy atom. The zero-order valence-electron chi connectivity index (χ0n) is 42.8. The number of aliphatic carboxylic acids is 1. The number of hydrogen-bond donors (Lipinski definition) is 3. The molecule has 3 amide bonds. The highest BCUT2D eigenvalue weighted by Gasteiger charge is 2.38. The van der Waals surface area contributed by atoms with E-state index in [1.807, 2.05) is 39.8 Å². The van der Waals surface area contributed by atoms with Crippen molar-refractivity contribution in [2.24, 2.45) is 17.6 Å². The fraction of sp³-hybridized carbons (Fsp3) is 0.592. The van der Waals surface area contributed by atoms with Crippen LogP contribution in [0.1, 0.15) is 116 Å². The van der Waals surface area contributed by atoms with Crippen molar-refractivity contribution < 1.29 is 89.8 Å². The summed E-state index contributed by atoms with van der Waals surface area (Å²) in [6.07, 6.45) is -5.35. The number of benzene rings is 2. The van der Waals surface area contributed by atoms with Gasteiger partial charge in [-0.2, -0.15) is 13.2 Å².